The van der Waals surface area contributed by atoms with Gasteiger partial charge in [-0.25, -0.2) is 0 Å². The number of benzene rings is 3. The maximum absolute atomic E-state index is 12.4. The molecule has 37 heavy (non-hydrogen) atoms. The Morgan fingerprint density at radius 2 is 1.81 bits per heavy atom. The monoisotopic (exact) mass is 501 g/mol. The van der Waals surface area contributed by atoms with Crippen LogP contribution in [0.4, 0.5) is 0 Å². The second kappa shape index (κ2) is 14.3. The molecule has 0 aliphatic heterocycles. The zero-order valence-corrected chi connectivity index (χ0v) is 22.3. The number of hydrogen-bond donors (Lipinski definition) is 2. The molecule has 0 saturated heterocycles. The minimum absolute atomic E-state index is 0.0156. The van der Waals surface area contributed by atoms with Gasteiger partial charge in [-0.15, -0.1) is 0 Å². The van der Waals surface area contributed by atoms with Gasteiger partial charge >= 0.3 is 0 Å². The summed E-state index contributed by atoms with van der Waals surface area (Å²) in [6, 6.07) is 17.9. The van der Waals surface area contributed by atoms with Crippen molar-refractivity contribution in [3.05, 3.63) is 77.4 Å². The molecule has 196 valence electrons. The Kier molecular flexibility index (Phi) is 10.9. The molecule has 0 radical (unpaired) electrons. The lowest BCUT2D eigenvalue weighted by Crippen LogP contribution is -2.15. The number of fused-ring (bicyclic) bond motifs is 1. The summed E-state index contributed by atoms with van der Waals surface area (Å²) in [6.07, 6.45) is 8.12. The standard InChI is InChI=1S/C32H39NO4/c1-23(22-33-2)9-5-4-6-12-29(34)21-30(35)16-14-25-19-28(32(36)31(20-25)37-3)18-24-13-15-26-10-7-8-11-27(26)17-24/h7-8,10-11,13-17,19-20,23,33,36H,4-6,9,12,18,21-22H2,1-3H3/t23-/m1/s1. The fraction of sp³-hybridized carbons (Fsp3) is 0.375. The molecule has 0 heterocycles. The van der Waals surface area contributed by atoms with E-state index in [1.807, 2.05) is 25.2 Å². The van der Waals surface area contributed by atoms with E-state index < -0.39 is 0 Å². The van der Waals surface area contributed by atoms with Crippen LogP contribution in [0.1, 0.15) is 62.1 Å². The molecular weight excluding hydrogens is 462 g/mol. The van der Waals surface area contributed by atoms with E-state index in [4.69, 9.17) is 4.74 Å². The van der Waals surface area contributed by atoms with E-state index in [-0.39, 0.29) is 23.7 Å². The molecule has 0 saturated carbocycles. The number of phenolic OH excluding ortho intramolecular Hbond substituents is 1. The Balaban J connectivity index is 1.57. The first-order chi connectivity index (χ1) is 17.9. The highest BCUT2D eigenvalue weighted by atomic mass is 16.5. The lowest BCUT2D eigenvalue weighted by atomic mass is 9.98. The maximum Gasteiger partial charge on any atom is 0.163 e. The zero-order chi connectivity index (χ0) is 26.6. The second-order valence-corrected chi connectivity index (χ2v) is 9.87. The van der Waals surface area contributed by atoms with Crippen LogP contribution in [-0.2, 0) is 16.0 Å². The fourth-order valence-corrected chi connectivity index (χ4v) is 4.62. The summed E-state index contributed by atoms with van der Waals surface area (Å²) in [5.41, 5.74) is 2.51. The average Bonchev–Trinajstić information content (AvgIpc) is 2.88. The van der Waals surface area contributed by atoms with Crippen LogP contribution in [0, 0.1) is 5.92 Å². The number of Topliss-reactive ketones (excluding diaryl/α,β-unsaturated/α-hetero) is 1. The highest BCUT2D eigenvalue weighted by Gasteiger charge is 2.12. The number of hydrogen-bond acceptors (Lipinski definition) is 5. The van der Waals surface area contributed by atoms with Crippen molar-refractivity contribution in [3.8, 4) is 11.5 Å². The van der Waals surface area contributed by atoms with Crippen molar-refractivity contribution >= 4 is 28.4 Å². The molecule has 3 aromatic rings. The fourth-order valence-electron chi connectivity index (χ4n) is 4.62. The Labute approximate surface area is 220 Å². The number of carbonyl (C=O) groups is 2. The first-order valence-corrected chi connectivity index (χ1v) is 13.1. The lowest BCUT2D eigenvalue weighted by Gasteiger charge is -2.11. The Morgan fingerprint density at radius 3 is 2.57 bits per heavy atom. The Hall–Kier alpha value is -3.44. The van der Waals surface area contributed by atoms with E-state index in [1.165, 1.54) is 13.2 Å². The molecule has 3 aromatic carbocycles. The van der Waals surface area contributed by atoms with Gasteiger partial charge in [0.05, 0.1) is 13.5 Å². The topological polar surface area (TPSA) is 75.6 Å². The molecule has 0 aliphatic carbocycles. The molecule has 0 fully saturated rings. The van der Waals surface area contributed by atoms with Crippen molar-refractivity contribution in [1.82, 2.24) is 5.32 Å². The van der Waals surface area contributed by atoms with Crippen molar-refractivity contribution in [2.45, 2.75) is 51.9 Å². The van der Waals surface area contributed by atoms with E-state index in [9.17, 15) is 14.7 Å². The van der Waals surface area contributed by atoms with E-state index in [0.29, 0.717) is 30.1 Å². The summed E-state index contributed by atoms with van der Waals surface area (Å²) in [7, 11) is 3.47. The number of phenols is 1. The predicted molar refractivity (Wildman–Crippen MR) is 151 cm³/mol. The summed E-state index contributed by atoms with van der Waals surface area (Å²) < 4.78 is 5.37. The van der Waals surface area contributed by atoms with Gasteiger partial charge in [0.15, 0.2) is 17.3 Å². The number of ketones is 2. The number of rotatable bonds is 15. The number of carbonyl (C=O) groups excluding carboxylic acids is 2. The van der Waals surface area contributed by atoms with Crippen LogP contribution in [0.25, 0.3) is 16.8 Å². The summed E-state index contributed by atoms with van der Waals surface area (Å²) in [5, 5.41) is 16.2. The number of methoxy groups -OCH3 is 1. The van der Waals surface area contributed by atoms with E-state index in [2.05, 4.69) is 42.6 Å². The normalized spacial score (nSPS) is 12.2. The summed E-state index contributed by atoms with van der Waals surface area (Å²) in [5.74, 6) is 0.855. The van der Waals surface area contributed by atoms with Gasteiger partial charge in [0.2, 0.25) is 0 Å². The molecule has 0 bridgehead atoms. The number of allylic oxidation sites excluding steroid dienone is 1. The van der Waals surface area contributed by atoms with E-state index in [1.54, 1.807) is 12.1 Å². The lowest BCUT2D eigenvalue weighted by molar-refractivity contribution is -0.124. The van der Waals surface area contributed by atoms with E-state index in [0.717, 1.165) is 54.1 Å². The van der Waals surface area contributed by atoms with Crippen LogP contribution in [0.15, 0.2) is 60.7 Å². The molecular formula is C32H39NO4. The first kappa shape index (κ1) is 28.1. The first-order valence-electron chi connectivity index (χ1n) is 13.1. The van der Waals surface area contributed by atoms with Crippen LogP contribution in [0.2, 0.25) is 0 Å². The van der Waals surface area contributed by atoms with Crippen LogP contribution in [-0.4, -0.2) is 37.4 Å². The van der Waals surface area contributed by atoms with Crippen molar-refractivity contribution in [1.29, 1.82) is 0 Å². The van der Waals surface area contributed by atoms with Gasteiger partial charge in [-0.3, -0.25) is 9.59 Å². The van der Waals surface area contributed by atoms with Gasteiger partial charge in [-0.2, -0.15) is 0 Å². The molecule has 0 aliphatic rings. The molecule has 3 rings (SSSR count). The summed E-state index contributed by atoms with van der Waals surface area (Å²) in [4.78, 5) is 24.6. The average molecular weight is 502 g/mol. The van der Waals surface area contributed by atoms with Crippen LogP contribution >= 0.6 is 0 Å². The molecule has 5 heteroatoms. The molecule has 0 unspecified atom stereocenters. The minimum Gasteiger partial charge on any atom is -0.504 e. The van der Waals surface area contributed by atoms with Gasteiger partial charge in [0.25, 0.3) is 0 Å². The molecule has 0 aromatic heterocycles. The van der Waals surface area contributed by atoms with Gasteiger partial charge in [-0.05, 0) is 72.5 Å². The van der Waals surface area contributed by atoms with Gasteiger partial charge in [0, 0.05) is 18.4 Å². The molecule has 0 spiro atoms. The van der Waals surface area contributed by atoms with Crippen molar-refractivity contribution in [2.75, 3.05) is 20.7 Å². The van der Waals surface area contributed by atoms with Crippen molar-refractivity contribution in [3.63, 3.8) is 0 Å². The largest absolute Gasteiger partial charge is 0.504 e. The van der Waals surface area contributed by atoms with E-state index >= 15 is 0 Å². The Morgan fingerprint density at radius 1 is 1.03 bits per heavy atom. The van der Waals surface area contributed by atoms with Gasteiger partial charge < -0.3 is 15.2 Å². The number of aromatic hydroxyl groups is 1. The van der Waals surface area contributed by atoms with Crippen molar-refractivity contribution in [2.24, 2.45) is 5.92 Å². The highest BCUT2D eigenvalue weighted by molar-refractivity contribution is 6.06. The number of unbranched alkanes of at least 4 members (excludes halogenated alkanes) is 2. The quantitative estimate of drug-likeness (QED) is 0.141. The molecule has 2 N–H and O–H groups in total. The molecule has 5 nitrogen and oxygen atoms in total. The smallest absolute Gasteiger partial charge is 0.163 e. The SMILES string of the molecule is CNC[C@H](C)CCCCCC(=O)CC(=O)C=Cc1cc(Cc2ccc3ccccc3c2)c(O)c(OC)c1. The third-order valence-electron chi connectivity index (χ3n) is 6.64. The molecule has 1 atom stereocenters. The Bertz CT molecular complexity index is 1230. The van der Waals surface area contributed by atoms with Crippen LogP contribution in [0.3, 0.4) is 0 Å². The zero-order valence-electron chi connectivity index (χ0n) is 22.3. The second-order valence-electron chi connectivity index (χ2n) is 9.87. The number of nitrogens with one attached hydrogen (secondary N) is 1. The number of ether oxygens (including phenoxy) is 1. The third-order valence-corrected chi connectivity index (χ3v) is 6.64. The summed E-state index contributed by atoms with van der Waals surface area (Å²) >= 11 is 0. The minimum atomic E-state index is -0.212. The highest BCUT2D eigenvalue weighted by Crippen LogP contribution is 2.34. The van der Waals surface area contributed by atoms with Crippen molar-refractivity contribution < 1.29 is 19.4 Å². The van der Waals surface area contributed by atoms with Crippen LogP contribution < -0.4 is 10.1 Å². The van der Waals surface area contributed by atoms with Crippen LogP contribution in [0.5, 0.6) is 11.5 Å². The molecule has 0 amide bonds. The maximum atomic E-state index is 12.4. The van der Waals surface area contributed by atoms with Gasteiger partial charge in [0.1, 0.15) is 5.78 Å². The summed E-state index contributed by atoms with van der Waals surface area (Å²) in [6.45, 7) is 3.24. The van der Waals surface area contributed by atoms with Gasteiger partial charge in [-0.1, -0.05) is 68.3 Å². The third kappa shape index (κ3) is 8.87. The predicted octanol–water partition coefficient (Wildman–Crippen LogP) is 6.49.